The Bertz CT molecular complexity index is 400. The van der Waals surface area contributed by atoms with Gasteiger partial charge in [0, 0.05) is 0 Å². The fourth-order valence-electron chi connectivity index (χ4n) is 1.08. The topological polar surface area (TPSA) is 27.1 Å². The van der Waals surface area contributed by atoms with E-state index in [4.69, 9.17) is 4.84 Å². The van der Waals surface area contributed by atoms with E-state index in [1.807, 2.05) is 36.4 Å². The Morgan fingerprint density at radius 1 is 1.21 bits per heavy atom. The molecule has 0 aliphatic rings. The van der Waals surface area contributed by atoms with Gasteiger partial charge in [0.05, 0.1) is 6.20 Å². The van der Waals surface area contributed by atoms with Crippen LogP contribution in [0.5, 0.6) is 0 Å². The van der Waals surface area contributed by atoms with E-state index in [1.165, 1.54) is 4.85 Å². The van der Waals surface area contributed by atoms with Crippen LogP contribution in [0.2, 0.25) is 0 Å². The Labute approximate surface area is 90.4 Å². The van der Waals surface area contributed by atoms with Crippen LogP contribution in [-0.2, 0) is 6.61 Å². The van der Waals surface area contributed by atoms with Crippen molar-refractivity contribution in [1.82, 2.24) is 9.94 Å². The van der Waals surface area contributed by atoms with Crippen molar-refractivity contribution in [1.29, 1.82) is 0 Å². The predicted molar refractivity (Wildman–Crippen MR) is 56.7 cm³/mol. The molecule has 14 heavy (non-hydrogen) atoms. The average Bonchev–Trinajstić information content (AvgIpc) is 2.63. The smallest absolute Gasteiger partial charge is 0.145 e. The van der Waals surface area contributed by atoms with Crippen LogP contribution in [0.4, 0.5) is 0 Å². The molecule has 0 N–H and O–H groups in total. The minimum atomic E-state index is 0.515. The molecule has 1 heterocycles. The zero-order chi connectivity index (χ0) is 9.80. The van der Waals surface area contributed by atoms with Gasteiger partial charge in [0.1, 0.15) is 11.2 Å². The monoisotopic (exact) mass is 252 g/mol. The third-order valence-corrected chi connectivity index (χ3v) is 2.33. The van der Waals surface area contributed by atoms with Crippen LogP contribution in [0.1, 0.15) is 5.56 Å². The number of hydrogen-bond donors (Lipinski definition) is 0. The zero-order valence-corrected chi connectivity index (χ0v) is 9.02. The molecule has 0 aliphatic heterocycles. The summed E-state index contributed by atoms with van der Waals surface area (Å²) < 4.78 is 0.813. The molecule has 2 aromatic rings. The molecule has 3 nitrogen and oxygen atoms in total. The Morgan fingerprint density at radius 2 is 2.00 bits per heavy atom. The van der Waals surface area contributed by atoms with Gasteiger partial charge in [-0.2, -0.15) is 0 Å². The maximum Gasteiger partial charge on any atom is 0.145 e. The maximum atomic E-state index is 5.42. The minimum Gasteiger partial charge on any atom is -0.391 e. The lowest BCUT2D eigenvalue weighted by Crippen LogP contribution is -2.12. The SMILES string of the molecule is Brc1ccnn1OCc1ccccc1. The minimum absolute atomic E-state index is 0.515. The second kappa shape index (κ2) is 4.28. The van der Waals surface area contributed by atoms with Crippen molar-refractivity contribution < 1.29 is 4.84 Å². The van der Waals surface area contributed by atoms with Gasteiger partial charge in [-0.3, -0.25) is 0 Å². The Morgan fingerprint density at radius 3 is 2.64 bits per heavy atom. The molecule has 0 spiro atoms. The summed E-state index contributed by atoms with van der Waals surface area (Å²) in [5.41, 5.74) is 1.12. The van der Waals surface area contributed by atoms with Gasteiger partial charge in [0.15, 0.2) is 0 Å². The number of benzene rings is 1. The zero-order valence-electron chi connectivity index (χ0n) is 7.43. The molecule has 0 bridgehead atoms. The normalized spacial score (nSPS) is 10.1. The first kappa shape index (κ1) is 9.27. The standard InChI is InChI=1S/C10H9BrN2O/c11-10-6-7-12-13(10)14-8-9-4-2-1-3-5-9/h1-7H,8H2. The molecular formula is C10H9BrN2O. The van der Waals surface area contributed by atoms with Gasteiger partial charge in [0.25, 0.3) is 0 Å². The van der Waals surface area contributed by atoms with E-state index in [0.29, 0.717) is 6.61 Å². The lowest BCUT2D eigenvalue weighted by molar-refractivity contribution is 0.0653. The van der Waals surface area contributed by atoms with Crippen molar-refractivity contribution in [2.75, 3.05) is 0 Å². The lowest BCUT2D eigenvalue weighted by atomic mass is 10.2. The van der Waals surface area contributed by atoms with Gasteiger partial charge in [-0.25, -0.2) is 0 Å². The van der Waals surface area contributed by atoms with Gasteiger partial charge in [-0.1, -0.05) is 35.2 Å². The molecule has 0 aliphatic carbocycles. The average molecular weight is 253 g/mol. The van der Waals surface area contributed by atoms with Gasteiger partial charge < -0.3 is 4.84 Å². The molecule has 1 aromatic carbocycles. The van der Waals surface area contributed by atoms with E-state index >= 15 is 0 Å². The van der Waals surface area contributed by atoms with Gasteiger partial charge >= 0.3 is 0 Å². The van der Waals surface area contributed by atoms with E-state index < -0.39 is 0 Å². The van der Waals surface area contributed by atoms with Gasteiger partial charge in [0.2, 0.25) is 0 Å². The highest BCUT2D eigenvalue weighted by molar-refractivity contribution is 9.10. The molecule has 0 saturated carbocycles. The summed E-state index contributed by atoms with van der Waals surface area (Å²) in [4.78, 5) is 6.87. The maximum absolute atomic E-state index is 5.42. The first-order valence-electron chi connectivity index (χ1n) is 4.23. The highest BCUT2D eigenvalue weighted by atomic mass is 79.9. The second-order valence-electron chi connectivity index (χ2n) is 2.79. The first-order chi connectivity index (χ1) is 6.86. The molecule has 72 valence electrons. The van der Waals surface area contributed by atoms with Gasteiger partial charge in [-0.05, 0) is 27.6 Å². The number of halogens is 1. The third-order valence-electron chi connectivity index (χ3n) is 1.76. The van der Waals surface area contributed by atoms with Crippen LogP contribution in [0, 0.1) is 0 Å². The summed E-state index contributed by atoms with van der Waals surface area (Å²) in [5, 5.41) is 3.98. The molecule has 1 aromatic heterocycles. The quantitative estimate of drug-likeness (QED) is 0.839. The summed E-state index contributed by atoms with van der Waals surface area (Å²) in [6, 6.07) is 11.8. The van der Waals surface area contributed by atoms with Crippen molar-refractivity contribution in [3.8, 4) is 0 Å². The van der Waals surface area contributed by atoms with Crippen LogP contribution >= 0.6 is 15.9 Å². The van der Waals surface area contributed by atoms with Crippen molar-refractivity contribution in [2.45, 2.75) is 6.61 Å². The molecular weight excluding hydrogens is 244 g/mol. The van der Waals surface area contributed by atoms with E-state index in [9.17, 15) is 0 Å². The van der Waals surface area contributed by atoms with Gasteiger partial charge in [-0.15, -0.1) is 5.10 Å². The number of aromatic nitrogens is 2. The fourth-order valence-corrected chi connectivity index (χ4v) is 1.39. The van der Waals surface area contributed by atoms with Crippen LogP contribution < -0.4 is 4.84 Å². The van der Waals surface area contributed by atoms with Crippen LogP contribution in [0.25, 0.3) is 0 Å². The fraction of sp³-hybridized carbons (Fsp3) is 0.100. The Kier molecular flexibility index (Phi) is 2.84. The molecule has 0 amide bonds. The lowest BCUT2D eigenvalue weighted by Gasteiger charge is -2.05. The predicted octanol–water partition coefficient (Wildman–Crippen LogP) is 2.27. The van der Waals surface area contributed by atoms with E-state index in [-0.39, 0.29) is 0 Å². The second-order valence-corrected chi connectivity index (χ2v) is 3.60. The summed E-state index contributed by atoms with van der Waals surface area (Å²) in [5.74, 6) is 0. The first-order valence-corrected chi connectivity index (χ1v) is 5.02. The molecule has 0 radical (unpaired) electrons. The molecule has 2 rings (SSSR count). The van der Waals surface area contributed by atoms with E-state index in [1.54, 1.807) is 6.20 Å². The van der Waals surface area contributed by atoms with Crippen LogP contribution in [-0.4, -0.2) is 9.94 Å². The number of nitrogens with zero attached hydrogens (tertiary/aromatic N) is 2. The highest BCUT2D eigenvalue weighted by Gasteiger charge is 1.98. The Balaban J connectivity index is 1.99. The van der Waals surface area contributed by atoms with E-state index in [0.717, 1.165) is 10.2 Å². The Hall–Kier alpha value is -1.29. The van der Waals surface area contributed by atoms with Crippen LogP contribution in [0.3, 0.4) is 0 Å². The van der Waals surface area contributed by atoms with Crippen molar-refractivity contribution in [3.05, 3.63) is 52.8 Å². The molecule has 0 unspecified atom stereocenters. The molecule has 0 atom stereocenters. The largest absolute Gasteiger partial charge is 0.391 e. The number of hydrogen-bond acceptors (Lipinski definition) is 2. The van der Waals surface area contributed by atoms with Crippen LogP contribution in [0.15, 0.2) is 47.2 Å². The molecule has 0 saturated heterocycles. The summed E-state index contributed by atoms with van der Waals surface area (Å²) in [6.45, 7) is 0.515. The van der Waals surface area contributed by atoms with Crippen molar-refractivity contribution >= 4 is 15.9 Å². The number of rotatable bonds is 3. The summed E-state index contributed by atoms with van der Waals surface area (Å²) in [6.07, 6.45) is 1.68. The molecule has 0 fully saturated rings. The summed E-state index contributed by atoms with van der Waals surface area (Å²) in [7, 11) is 0. The summed E-state index contributed by atoms with van der Waals surface area (Å²) >= 11 is 3.32. The third kappa shape index (κ3) is 2.14. The van der Waals surface area contributed by atoms with Crippen molar-refractivity contribution in [2.24, 2.45) is 0 Å². The highest BCUT2D eigenvalue weighted by Crippen LogP contribution is 2.06. The van der Waals surface area contributed by atoms with E-state index in [2.05, 4.69) is 21.0 Å². The molecule has 4 heteroatoms. The van der Waals surface area contributed by atoms with Crippen molar-refractivity contribution in [3.63, 3.8) is 0 Å².